The summed E-state index contributed by atoms with van der Waals surface area (Å²) in [6.45, 7) is 3.99. The SMILES string of the molecule is CCCc1nc(N)cc(NCCCCn2ccnc2)n1. The minimum atomic E-state index is 0.532. The predicted octanol–water partition coefficient (Wildman–Crippen LogP) is 2.10. The van der Waals surface area contributed by atoms with Gasteiger partial charge < -0.3 is 15.6 Å². The lowest BCUT2D eigenvalue weighted by Crippen LogP contribution is -2.08. The standard InChI is InChI=1S/C14H22N6/c1-2-5-13-18-12(15)10-14(19-13)17-6-3-4-8-20-9-7-16-11-20/h7,9-11H,2-6,8H2,1H3,(H3,15,17,18,19). The number of nitrogen functional groups attached to an aromatic ring is 1. The molecule has 0 aliphatic carbocycles. The van der Waals surface area contributed by atoms with Gasteiger partial charge in [-0.1, -0.05) is 6.92 Å². The first kappa shape index (κ1) is 14.3. The molecule has 6 nitrogen and oxygen atoms in total. The largest absolute Gasteiger partial charge is 0.384 e. The molecule has 20 heavy (non-hydrogen) atoms. The maximum absolute atomic E-state index is 5.78. The highest BCUT2D eigenvalue weighted by atomic mass is 15.0. The Balaban J connectivity index is 1.73. The van der Waals surface area contributed by atoms with E-state index in [-0.39, 0.29) is 0 Å². The van der Waals surface area contributed by atoms with Crippen LogP contribution in [0.2, 0.25) is 0 Å². The maximum Gasteiger partial charge on any atom is 0.133 e. The van der Waals surface area contributed by atoms with E-state index in [2.05, 4.69) is 31.8 Å². The van der Waals surface area contributed by atoms with E-state index in [0.717, 1.165) is 50.4 Å². The van der Waals surface area contributed by atoms with Crippen molar-refractivity contribution in [1.29, 1.82) is 0 Å². The number of hydrogen-bond acceptors (Lipinski definition) is 5. The van der Waals surface area contributed by atoms with Gasteiger partial charge in [-0.15, -0.1) is 0 Å². The number of anilines is 2. The Kier molecular flexibility index (Phi) is 5.34. The van der Waals surface area contributed by atoms with Crippen molar-refractivity contribution in [1.82, 2.24) is 19.5 Å². The second-order valence-electron chi connectivity index (χ2n) is 4.78. The van der Waals surface area contributed by atoms with Crippen molar-refractivity contribution in [3.05, 3.63) is 30.6 Å². The monoisotopic (exact) mass is 274 g/mol. The Labute approximate surface area is 119 Å². The van der Waals surface area contributed by atoms with E-state index >= 15 is 0 Å². The highest BCUT2D eigenvalue weighted by Gasteiger charge is 2.01. The molecular formula is C14H22N6. The number of imidazole rings is 1. The minimum Gasteiger partial charge on any atom is -0.384 e. The molecule has 3 N–H and O–H groups in total. The van der Waals surface area contributed by atoms with Gasteiger partial charge in [0.2, 0.25) is 0 Å². The highest BCUT2D eigenvalue weighted by molar-refractivity contribution is 5.44. The Bertz CT molecular complexity index is 508. The quantitative estimate of drug-likeness (QED) is 0.720. The van der Waals surface area contributed by atoms with Gasteiger partial charge in [0.05, 0.1) is 6.33 Å². The molecule has 0 aromatic carbocycles. The fraction of sp³-hybridized carbons (Fsp3) is 0.500. The van der Waals surface area contributed by atoms with Crippen LogP contribution in [0, 0.1) is 0 Å². The molecule has 2 aromatic heterocycles. The van der Waals surface area contributed by atoms with Crippen LogP contribution in [0.5, 0.6) is 0 Å². The fourth-order valence-electron chi connectivity index (χ4n) is 2.00. The van der Waals surface area contributed by atoms with Crippen LogP contribution in [0.25, 0.3) is 0 Å². The molecule has 0 radical (unpaired) electrons. The third-order valence-corrected chi connectivity index (χ3v) is 2.97. The van der Waals surface area contributed by atoms with Gasteiger partial charge in [0.1, 0.15) is 17.5 Å². The number of aromatic nitrogens is 4. The van der Waals surface area contributed by atoms with Crippen molar-refractivity contribution in [3.63, 3.8) is 0 Å². The number of hydrogen-bond donors (Lipinski definition) is 2. The van der Waals surface area contributed by atoms with Gasteiger partial charge in [0, 0.05) is 38.0 Å². The molecule has 2 aromatic rings. The fourth-order valence-corrected chi connectivity index (χ4v) is 2.00. The molecular weight excluding hydrogens is 252 g/mol. The summed E-state index contributed by atoms with van der Waals surface area (Å²) < 4.78 is 2.09. The molecule has 0 saturated heterocycles. The molecule has 0 bridgehead atoms. The predicted molar refractivity (Wildman–Crippen MR) is 80.4 cm³/mol. The van der Waals surface area contributed by atoms with Crippen LogP contribution in [0.15, 0.2) is 24.8 Å². The topological polar surface area (TPSA) is 81.6 Å². The van der Waals surface area contributed by atoms with Gasteiger partial charge in [0.25, 0.3) is 0 Å². The number of unbranched alkanes of at least 4 members (excludes halogenated alkanes) is 1. The smallest absolute Gasteiger partial charge is 0.133 e. The van der Waals surface area contributed by atoms with E-state index in [1.807, 2.05) is 12.5 Å². The van der Waals surface area contributed by atoms with Gasteiger partial charge in [0.15, 0.2) is 0 Å². The molecule has 0 fully saturated rings. The Morgan fingerprint density at radius 3 is 2.95 bits per heavy atom. The third-order valence-electron chi connectivity index (χ3n) is 2.97. The van der Waals surface area contributed by atoms with Crippen molar-refractivity contribution >= 4 is 11.6 Å². The molecule has 2 heterocycles. The zero-order chi connectivity index (χ0) is 14.2. The molecule has 6 heteroatoms. The lowest BCUT2D eigenvalue weighted by atomic mass is 10.3. The first-order valence-electron chi connectivity index (χ1n) is 7.11. The van der Waals surface area contributed by atoms with E-state index in [0.29, 0.717) is 5.82 Å². The zero-order valence-corrected chi connectivity index (χ0v) is 11.9. The van der Waals surface area contributed by atoms with Gasteiger partial charge in [-0.05, 0) is 19.3 Å². The number of nitrogens with zero attached hydrogens (tertiary/aromatic N) is 4. The van der Waals surface area contributed by atoms with Crippen LogP contribution in [-0.2, 0) is 13.0 Å². The Morgan fingerprint density at radius 2 is 2.20 bits per heavy atom. The van der Waals surface area contributed by atoms with Gasteiger partial charge in [-0.25, -0.2) is 15.0 Å². The highest BCUT2D eigenvalue weighted by Crippen LogP contribution is 2.10. The van der Waals surface area contributed by atoms with E-state index in [1.165, 1.54) is 0 Å². The minimum absolute atomic E-state index is 0.532. The van der Waals surface area contributed by atoms with Crippen LogP contribution in [-0.4, -0.2) is 26.1 Å². The molecule has 0 saturated carbocycles. The van der Waals surface area contributed by atoms with Gasteiger partial charge >= 0.3 is 0 Å². The lowest BCUT2D eigenvalue weighted by molar-refractivity contribution is 0.620. The molecule has 0 spiro atoms. The molecule has 0 amide bonds. The third kappa shape index (κ3) is 4.53. The molecule has 0 atom stereocenters. The molecule has 108 valence electrons. The molecule has 2 rings (SSSR count). The first-order valence-corrected chi connectivity index (χ1v) is 7.11. The molecule has 0 unspecified atom stereocenters. The maximum atomic E-state index is 5.78. The average Bonchev–Trinajstić information content (AvgIpc) is 2.91. The van der Waals surface area contributed by atoms with E-state index in [9.17, 15) is 0 Å². The summed E-state index contributed by atoms with van der Waals surface area (Å²) >= 11 is 0. The molecule has 0 aliphatic heterocycles. The Hall–Kier alpha value is -2.11. The van der Waals surface area contributed by atoms with Crippen molar-refractivity contribution in [2.24, 2.45) is 0 Å². The number of nitrogens with one attached hydrogen (secondary N) is 1. The summed E-state index contributed by atoms with van der Waals surface area (Å²) in [4.78, 5) is 12.7. The number of nitrogens with two attached hydrogens (primary N) is 1. The average molecular weight is 274 g/mol. The van der Waals surface area contributed by atoms with Crippen LogP contribution < -0.4 is 11.1 Å². The van der Waals surface area contributed by atoms with Gasteiger partial charge in [-0.3, -0.25) is 0 Å². The lowest BCUT2D eigenvalue weighted by Gasteiger charge is -2.08. The normalized spacial score (nSPS) is 10.7. The number of rotatable bonds is 8. The van der Waals surface area contributed by atoms with Crippen molar-refractivity contribution in [2.75, 3.05) is 17.6 Å². The second kappa shape index (κ2) is 7.47. The van der Waals surface area contributed by atoms with Crippen LogP contribution in [0.4, 0.5) is 11.6 Å². The van der Waals surface area contributed by atoms with Crippen molar-refractivity contribution < 1.29 is 0 Å². The van der Waals surface area contributed by atoms with Gasteiger partial charge in [-0.2, -0.15) is 0 Å². The zero-order valence-electron chi connectivity index (χ0n) is 11.9. The summed E-state index contributed by atoms with van der Waals surface area (Å²) in [5, 5.41) is 3.31. The summed E-state index contributed by atoms with van der Waals surface area (Å²) in [6.07, 6.45) is 9.69. The second-order valence-corrected chi connectivity index (χ2v) is 4.78. The van der Waals surface area contributed by atoms with E-state index in [4.69, 9.17) is 5.73 Å². The number of aryl methyl sites for hydroxylation is 2. The van der Waals surface area contributed by atoms with Crippen LogP contribution in [0.1, 0.15) is 32.0 Å². The van der Waals surface area contributed by atoms with Crippen LogP contribution in [0.3, 0.4) is 0 Å². The van der Waals surface area contributed by atoms with Crippen LogP contribution >= 0.6 is 0 Å². The van der Waals surface area contributed by atoms with E-state index < -0.39 is 0 Å². The molecule has 0 aliphatic rings. The summed E-state index contributed by atoms with van der Waals surface area (Å²) in [6, 6.07) is 1.79. The van der Waals surface area contributed by atoms with Crippen molar-refractivity contribution in [3.8, 4) is 0 Å². The summed E-state index contributed by atoms with van der Waals surface area (Å²) in [7, 11) is 0. The van der Waals surface area contributed by atoms with E-state index in [1.54, 1.807) is 12.3 Å². The summed E-state index contributed by atoms with van der Waals surface area (Å²) in [5.74, 6) is 2.17. The first-order chi connectivity index (χ1) is 9.78. The summed E-state index contributed by atoms with van der Waals surface area (Å²) in [5.41, 5.74) is 5.78. The van der Waals surface area contributed by atoms with Crippen molar-refractivity contribution in [2.45, 2.75) is 39.2 Å². The Morgan fingerprint density at radius 1 is 1.30 bits per heavy atom.